The van der Waals surface area contributed by atoms with E-state index >= 15 is 0 Å². The Kier molecular flexibility index (Phi) is 4.82. The predicted octanol–water partition coefficient (Wildman–Crippen LogP) is 4.00. The summed E-state index contributed by atoms with van der Waals surface area (Å²) in [5, 5.41) is 14.6. The van der Waals surface area contributed by atoms with Crippen molar-refractivity contribution in [3.63, 3.8) is 0 Å². The summed E-state index contributed by atoms with van der Waals surface area (Å²) in [6, 6.07) is 10.6. The molecule has 3 aromatic rings. The molecule has 24 heavy (non-hydrogen) atoms. The SMILES string of the molecule is Cn1nc(-c2c(F)cccc2Cl)nc1C(NO)c1ccc(Cl)cc1. The van der Waals surface area contributed by atoms with Crippen molar-refractivity contribution in [1.82, 2.24) is 20.2 Å². The van der Waals surface area contributed by atoms with Crippen LogP contribution in [0.2, 0.25) is 10.0 Å². The first-order chi connectivity index (χ1) is 11.5. The highest BCUT2D eigenvalue weighted by Gasteiger charge is 2.23. The average molecular weight is 367 g/mol. The largest absolute Gasteiger partial charge is 0.316 e. The van der Waals surface area contributed by atoms with E-state index in [0.29, 0.717) is 10.8 Å². The third-order valence-corrected chi connectivity index (χ3v) is 4.14. The topological polar surface area (TPSA) is 63.0 Å². The third-order valence-electron chi connectivity index (χ3n) is 3.57. The highest BCUT2D eigenvalue weighted by molar-refractivity contribution is 6.33. The molecule has 0 spiro atoms. The highest BCUT2D eigenvalue weighted by atomic mass is 35.5. The summed E-state index contributed by atoms with van der Waals surface area (Å²) in [6.07, 6.45) is 0. The summed E-state index contributed by atoms with van der Waals surface area (Å²) in [5.41, 5.74) is 3.04. The van der Waals surface area contributed by atoms with Crippen molar-refractivity contribution in [2.45, 2.75) is 6.04 Å². The molecule has 1 unspecified atom stereocenters. The fraction of sp³-hybridized carbons (Fsp3) is 0.125. The van der Waals surface area contributed by atoms with Crippen LogP contribution in [0.15, 0.2) is 42.5 Å². The van der Waals surface area contributed by atoms with Crippen molar-refractivity contribution in [1.29, 1.82) is 0 Å². The van der Waals surface area contributed by atoms with Gasteiger partial charge in [-0.15, -0.1) is 0 Å². The zero-order chi connectivity index (χ0) is 17.3. The van der Waals surface area contributed by atoms with E-state index in [1.165, 1.54) is 16.8 Å². The second kappa shape index (κ2) is 6.86. The molecule has 124 valence electrons. The van der Waals surface area contributed by atoms with Gasteiger partial charge >= 0.3 is 0 Å². The summed E-state index contributed by atoms with van der Waals surface area (Å²) in [6.45, 7) is 0. The van der Waals surface area contributed by atoms with Gasteiger partial charge in [-0.3, -0.25) is 4.68 Å². The van der Waals surface area contributed by atoms with Crippen LogP contribution >= 0.6 is 23.2 Å². The second-order valence-electron chi connectivity index (χ2n) is 5.13. The molecule has 0 aliphatic rings. The van der Waals surface area contributed by atoms with Gasteiger partial charge in [0.1, 0.15) is 11.9 Å². The standard InChI is InChI=1S/C16H13Cl2FN4O/c1-23-16(14(22-24)9-5-7-10(17)8-6-9)20-15(21-23)13-11(18)3-2-4-12(13)19/h2-8,14,22,24H,1H3. The molecule has 0 aliphatic heterocycles. The lowest BCUT2D eigenvalue weighted by atomic mass is 10.1. The Hall–Kier alpha value is -1.99. The van der Waals surface area contributed by atoms with Gasteiger partial charge < -0.3 is 5.21 Å². The van der Waals surface area contributed by atoms with Gasteiger partial charge in [0.2, 0.25) is 0 Å². The maximum absolute atomic E-state index is 14.1. The zero-order valence-corrected chi connectivity index (χ0v) is 14.1. The third kappa shape index (κ3) is 3.14. The van der Waals surface area contributed by atoms with Crippen LogP contribution in [0, 0.1) is 5.82 Å². The lowest BCUT2D eigenvalue weighted by molar-refractivity contribution is 0.136. The first-order valence-corrected chi connectivity index (χ1v) is 7.77. The molecule has 1 aromatic heterocycles. The Morgan fingerprint density at radius 1 is 1.17 bits per heavy atom. The van der Waals surface area contributed by atoms with Crippen molar-refractivity contribution in [3.05, 3.63) is 69.7 Å². The molecule has 3 rings (SSSR count). The molecule has 0 radical (unpaired) electrons. The molecule has 5 nitrogen and oxygen atoms in total. The molecule has 0 fully saturated rings. The summed E-state index contributed by atoms with van der Waals surface area (Å²) in [7, 11) is 1.65. The molecular formula is C16H13Cl2FN4O. The van der Waals surface area contributed by atoms with Crippen LogP contribution in [0.5, 0.6) is 0 Å². The molecular weight excluding hydrogens is 354 g/mol. The minimum Gasteiger partial charge on any atom is -0.316 e. The van der Waals surface area contributed by atoms with Gasteiger partial charge in [-0.2, -0.15) is 10.6 Å². The van der Waals surface area contributed by atoms with Crippen LogP contribution in [0.1, 0.15) is 17.4 Å². The Morgan fingerprint density at radius 2 is 1.88 bits per heavy atom. The Labute approximate surface area is 147 Å². The number of rotatable bonds is 4. The van der Waals surface area contributed by atoms with Crippen LogP contribution < -0.4 is 5.48 Å². The highest BCUT2D eigenvalue weighted by Crippen LogP contribution is 2.30. The predicted molar refractivity (Wildman–Crippen MR) is 89.6 cm³/mol. The maximum atomic E-state index is 14.1. The zero-order valence-electron chi connectivity index (χ0n) is 12.5. The van der Waals surface area contributed by atoms with Crippen LogP contribution in [-0.4, -0.2) is 20.0 Å². The van der Waals surface area contributed by atoms with E-state index in [-0.39, 0.29) is 16.4 Å². The number of benzene rings is 2. The number of nitrogens with one attached hydrogen (secondary N) is 1. The lowest BCUT2D eigenvalue weighted by Crippen LogP contribution is -2.22. The van der Waals surface area contributed by atoms with Gasteiger partial charge in [0.15, 0.2) is 11.6 Å². The van der Waals surface area contributed by atoms with Gasteiger partial charge in [-0.25, -0.2) is 9.37 Å². The van der Waals surface area contributed by atoms with Gasteiger partial charge in [-0.1, -0.05) is 41.4 Å². The molecule has 0 amide bonds. The molecule has 0 saturated carbocycles. The molecule has 2 aromatic carbocycles. The van der Waals surface area contributed by atoms with Crippen LogP contribution in [0.3, 0.4) is 0 Å². The minimum absolute atomic E-state index is 0.119. The van der Waals surface area contributed by atoms with E-state index in [1.54, 1.807) is 37.4 Å². The summed E-state index contributed by atoms with van der Waals surface area (Å²) >= 11 is 11.9. The van der Waals surface area contributed by atoms with Gasteiger partial charge in [0.05, 0.1) is 10.6 Å². The normalized spacial score (nSPS) is 12.4. The van der Waals surface area contributed by atoms with Crippen molar-refractivity contribution < 1.29 is 9.60 Å². The Balaban J connectivity index is 2.06. The molecule has 2 N–H and O–H groups in total. The summed E-state index contributed by atoms with van der Waals surface area (Å²) in [4.78, 5) is 4.34. The molecule has 1 heterocycles. The fourth-order valence-corrected chi connectivity index (χ4v) is 2.78. The number of halogens is 3. The molecule has 0 saturated heterocycles. The van der Waals surface area contributed by atoms with Crippen molar-refractivity contribution in [2.75, 3.05) is 0 Å². The number of aryl methyl sites for hydroxylation is 1. The summed E-state index contributed by atoms with van der Waals surface area (Å²) < 4.78 is 15.5. The smallest absolute Gasteiger partial charge is 0.185 e. The van der Waals surface area contributed by atoms with Gasteiger partial charge in [0.25, 0.3) is 0 Å². The molecule has 0 aliphatic carbocycles. The molecule has 1 atom stereocenters. The van der Waals surface area contributed by atoms with E-state index in [4.69, 9.17) is 23.2 Å². The van der Waals surface area contributed by atoms with Crippen molar-refractivity contribution in [2.24, 2.45) is 7.05 Å². The monoisotopic (exact) mass is 366 g/mol. The summed E-state index contributed by atoms with van der Waals surface area (Å²) in [5.74, 6) is 0.0265. The molecule has 8 heteroatoms. The van der Waals surface area contributed by atoms with Crippen molar-refractivity contribution >= 4 is 23.2 Å². The van der Waals surface area contributed by atoms with E-state index in [0.717, 1.165) is 5.56 Å². The van der Waals surface area contributed by atoms with Crippen LogP contribution in [-0.2, 0) is 7.05 Å². The van der Waals surface area contributed by atoms with Gasteiger partial charge in [0, 0.05) is 12.1 Å². The fourth-order valence-electron chi connectivity index (χ4n) is 2.40. The maximum Gasteiger partial charge on any atom is 0.185 e. The molecule has 0 bridgehead atoms. The minimum atomic E-state index is -0.654. The van der Waals surface area contributed by atoms with Crippen LogP contribution in [0.25, 0.3) is 11.4 Å². The van der Waals surface area contributed by atoms with E-state index in [2.05, 4.69) is 15.6 Å². The number of aromatic nitrogens is 3. The first kappa shape index (κ1) is 16.9. The van der Waals surface area contributed by atoms with Crippen LogP contribution in [0.4, 0.5) is 4.39 Å². The van der Waals surface area contributed by atoms with E-state index in [9.17, 15) is 9.60 Å². The second-order valence-corrected chi connectivity index (χ2v) is 5.97. The number of hydrogen-bond acceptors (Lipinski definition) is 4. The van der Waals surface area contributed by atoms with E-state index in [1.807, 2.05) is 0 Å². The number of hydroxylamine groups is 1. The van der Waals surface area contributed by atoms with Gasteiger partial charge in [-0.05, 0) is 29.8 Å². The average Bonchev–Trinajstić information content (AvgIpc) is 2.91. The van der Waals surface area contributed by atoms with Crippen molar-refractivity contribution in [3.8, 4) is 11.4 Å². The first-order valence-electron chi connectivity index (χ1n) is 7.01. The Bertz CT molecular complexity index is 847. The quantitative estimate of drug-likeness (QED) is 0.685. The Morgan fingerprint density at radius 3 is 2.50 bits per heavy atom. The lowest BCUT2D eigenvalue weighted by Gasteiger charge is -2.14. The number of nitrogens with zero attached hydrogens (tertiary/aromatic N) is 3. The van der Waals surface area contributed by atoms with E-state index < -0.39 is 11.9 Å². The number of hydrogen-bond donors (Lipinski definition) is 2.